The van der Waals surface area contributed by atoms with Gasteiger partial charge < -0.3 is 14.6 Å². The lowest BCUT2D eigenvalue weighted by Crippen LogP contribution is -2.15. The van der Waals surface area contributed by atoms with E-state index in [-0.39, 0.29) is 17.1 Å². The number of benzene rings is 2. The van der Waals surface area contributed by atoms with E-state index in [9.17, 15) is 14.9 Å². The second kappa shape index (κ2) is 9.05. The summed E-state index contributed by atoms with van der Waals surface area (Å²) < 4.78 is 7.66. The van der Waals surface area contributed by atoms with Gasteiger partial charge in [-0.05, 0) is 18.2 Å². The number of rotatable bonds is 7. The molecule has 0 aliphatic heterocycles. The third kappa shape index (κ3) is 4.74. The highest BCUT2D eigenvalue weighted by atomic mass is 79.9. The van der Waals surface area contributed by atoms with Gasteiger partial charge in [0.25, 0.3) is 5.69 Å². The summed E-state index contributed by atoms with van der Waals surface area (Å²) in [7, 11) is 3.22. The molecule has 0 atom stereocenters. The van der Waals surface area contributed by atoms with Crippen molar-refractivity contribution in [2.24, 2.45) is 7.05 Å². The van der Waals surface area contributed by atoms with Crippen LogP contribution in [0.25, 0.3) is 11.4 Å². The molecule has 1 aromatic heterocycles. The van der Waals surface area contributed by atoms with Crippen LogP contribution in [-0.2, 0) is 11.8 Å². The number of aromatic nitrogens is 3. The van der Waals surface area contributed by atoms with Crippen LogP contribution in [0.15, 0.2) is 52.1 Å². The van der Waals surface area contributed by atoms with Crippen LogP contribution in [0.2, 0.25) is 0 Å². The van der Waals surface area contributed by atoms with Gasteiger partial charge in [0.1, 0.15) is 11.4 Å². The molecule has 0 bridgehead atoms. The molecule has 0 unspecified atom stereocenters. The van der Waals surface area contributed by atoms with Crippen molar-refractivity contribution in [3.8, 4) is 17.1 Å². The predicted molar refractivity (Wildman–Crippen MR) is 113 cm³/mol. The zero-order valence-corrected chi connectivity index (χ0v) is 17.9. The normalized spacial score (nSPS) is 10.6. The zero-order chi connectivity index (χ0) is 21.0. The average Bonchev–Trinajstić information content (AvgIpc) is 3.07. The summed E-state index contributed by atoms with van der Waals surface area (Å²) in [6, 6.07) is 11.9. The number of nitro groups is 1. The van der Waals surface area contributed by atoms with Gasteiger partial charge in [-0.15, -0.1) is 10.2 Å². The highest BCUT2D eigenvalue weighted by molar-refractivity contribution is 9.10. The zero-order valence-electron chi connectivity index (χ0n) is 15.5. The summed E-state index contributed by atoms with van der Waals surface area (Å²) in [6.45, 7) is 0. The van der Waals surface area contributed by atoms with E-state index in [0.29, 0.717) is 16.7 Å². The Morgan fingerprint density at radius 1 is 1.31 bits per heavy atom. The van der Waals surface area contributed by atoms with Crippen molar-refractivity contribution in [3.05, 3.63) is 57.1 Å². The molecule has 1 heterocycles. The highest BCUT2D eigenvalue weighted by Crippen LogP contribution is 2.30. The van der Waals surface area contributed by atoms with E-state index in [0.717, 1.165) is 10.0 Å². The maximum Gasteiger partial charge on any atom is 0.296 e. The minimum atomic E-state index is -0.571. The van der Waals surface area contributed by atoms with Gasteiger partial charge in [-0.25, -0.2) is 0 Å². The molecule has 0 fully saturated rings. The number of amides is 1. The van der Waals surface area contributed by atoms with Crippen LogP contribution in [0.1, 0.15) is 0 Å². The fourth-order valence-corrected chi connectivity index (χ4v) is 3.70. The number of carbonyl (C=O) groups excluding carboxylic acids is 1. The van der Waals surface area contributed by atoms with Gasteiger partial charge >= 0.3 is 0 Å². The smallest absolute Gasteiger partial charge is 0.296 e. The third-order valence-electron chi connectivity index (χ3n) is 3.96. The average molecular weight is 478 g/mol. The van der Waals surface area contributed by atoms with Crippen LogP contribution in [0.4, 0.5) is 11.4 Å². The largest absolute Gasteiger partial charge is 0.496 e. The van der Waals surface area contributed by atoms with E-state index in [1.807, 2.05) is 31.3 Å². The van der Waals surface area contributed by atoms with Crippen LogP contribution in [0.5, 0.6) is 5.75 Å². The number of methoxy groups -OCH3 is 1. The molecule has 3 aromatic rings. The first-order chi connectivity index (χ1) is 13.9. The maximum atomic E-state index is 12.3. The Balaban J connectivity index is 1.69. The summed E-state index contributed by atoms with van der Waals surface area (Å²) >= 11 is 4.67. The summed E-state index contributed by atoms with van der Waals surface area (Å²) in [6.07, 6.45) is 0. The lowest BCUT2D eigenvalue weighted by Gasteiger charge is -2.08. The van der Waals surface area contributed by atoms with Gasteiger partial charge in [0.15, 0.2) is 11.0 Å². The Labute approximate surface area is 178 Å². The molecule has 0 spiro atoms. The molecule has 0 saturated carbocycles. The Morgan fingerprint density at radius 3 is 2.76 bits per heavy atom. The molecule has 29 heavy (non-hydrogen) atoms. The molecule has 0 aliphatic carbocycles. The van der Waals surface area contributed by atoms with Crippen molar-refractivity contribution in [1.82, 2.24) is 14.8 Å². The molecule has 0 aliphatic rings. The van der Waals surface area contributed by atoms with Gasteiger partial charge in [-0.1, -0.05) is 45.9 Å². The fraction of sp³-hybridized carbons (Fsp3) is 0.167. The number of anilines is 1. The number of hydrogen-bond acceptors (Lipinski definition) is 7. The maximum absolute atomic E-state index is 12.3. The minimum absolute atomic E-state index is 0.0190. The van der Waals surface area contributed by atoms with Crippen molar-refractivity contribution in [2.75, 3.05) is 18.2 Å². The number of ether oxygens (including phenoxy) is 1. The molecule has 2 aromatic carbocycles. The quantitative estimate of drug-likeness (QED) is 0.312. The molecule has 1 N–H and O–H groups in total. The van der Waals surface area contributed by atoms with Gasteiger partial charge in [0, 0.05) is 17.1 Å². The lowest BCUT2D eigenvalue weighted by molar-refractivity contribution is -0.384. The number of nitrogens with zero attached hydrogens (tertiary/aromatic N) is 4. The van der Waals surface area contributed by atoms with Crippen molar-refractivity contribution in [2.45, 2.75) is 5.16 Å². The van der Waals surface area contributed by atoms with Crippen molar-refractivity contribution in [1.29, 1.82) is 0 Å². The Bertz CT molecular complexity index is 1070. The van der Waals surface area contributed by atoms with E-state index in [1.165, 1.54) is 31.0 Å². The van der Waals surface area contributed by atoms with Crippen molar-refractivity contribution < 1.29 is 14.5 Å². The third-order valence-corrected chi connectivity index (χ3v) is 5.67. The first kappa shape index (κ1) is 20.8. The van der Waals surface area contributed by atoms with Gasteiger partial charge in [0.2, 0.25) is 5.91 Å². The first-order valence-electron chi connectivity index (χ1n) is 8.30. The number of nitro benzene ring substituents is 1. The summed E-state index contributed by atoms with van der Waals surface area (Å²) in [5.41, 5.74) is 0.749. The molecule has 150 valence electrons. The summed E-state index contributed by atoms with van der Waals surface area (Å²) in [5, 5.41) is 22.7. The number of halogens is 1. The lowest BCUT2D eigenvalue weighted by atomic mass is 10.2. The van der Waals surface area contributed by atoms with Crippen molar-refractivity contribution in [3.63, 3.8) is 0 Å². The van der Waals surface area contributed by atoms with Crippen LogP contribution >= 0.6 is 27.7 Å². The highest BCUT2D eigenvalue weighted by Gasteiger charge is 2.19. The molecule has 0 saturated heterocycles. The van der Waals surface area contributed by atoms with E-state index in [1.54, 1.807) is 10.6 Å². The van der Waals surface area contributed by atoms with E-state index >= 15 is 0 Å². The van der Waals surface area contributed by atoms with E-state index < -0.39 is 10.8 Å². The summed E-state index contributed by atoms with van der Waals surface area (Å²) in [5.74, 6) is 0.619. The molecule has 3 rings (SSSR count). The van der Waals surface area contributed by atoms with Gasteiger partial charge in [0.05, 0.1) is 23.9 Å². The second-order valence-corrected chi connectivity index (χ2v) is 7.62. The topological polar surface area (TPSA) is 112 Å². The molecular formula is C18H16BrN5O4S. The second-order valence-electron chi connectivity index (χ2n) is 5.82. The number of carbonyl (C=O) groups is 1. The first-order valence-corrected chi connectivity index (χ1v) is 10.1. The Hall–Kier alpha value is -2.92. The van der Waals surface area contributed by atoms with Crippen LogP contribution in [0, 0.1) is 10.1 Å². The van der Waals surface area contributed by atoms with Gasteiger partial charge in [-0.3, -0.25) is 14.9 Å². The number of nitrogens with one attached hydrogen (secondary N) is 1. The predicted octanol–water partition coefficient (Wildman–Crippen LogP) is 3.89. The molecular weight excluding hydrogens is 462 g/mol. The standard InChI is InChI=1S/C18H16BrN5O4S/c1-23-17(12-5-3-4-6-13(12)19)21-22-18(23)29-10-16(25)20-14-8-7-11(28-2)9-15(14)24(26)27/h3-9H,10H2,1-2H3,(H,20,25). The van der Waals surface area contributed by atoms with Crippen LogP contribution in [0.3, 0.4) is 0 Å². The number of thioether (sulfide) groups is 1. The SMILES string of the molecule is COc1ccc(NC(=O)CSc2nnc(-c3ccccc3Br)n2C)c([N+](=O)[O-])c1. The molecule has 9 nitrogen and oxygen atoms in total. The van der Waals surface area contributed by atoms with Crippen LogP contribution < -0.4 is 10.1 Å². The molecule has 0 radical (unpaired) electrons. The number of hydrogen-bond donors (Lipinski definition) is 1. The molecule has 11 heteroatoms. The summed E-state index contributed by atoms with van der Waals surface area (Å²) in [4.78, 5) is 23.0. The monoisotopic (exact) mass is 477 g/mol. The van der Waals surface area contributed by atoms with E-state index in [2.05, 4.69) is 31.4 Å². The van der Waals surface area contributed by atoms with E-state index in [4.69, 9.17) is 4.74 Å². The minimum Gasteiger partial charge on any atom is -0.496 e. The Morgan fingerprint density at radius 2 is 2.07 bits per heavy atom. The molecule has 1 amide bonds. The van der Waals surface area contributed by atoms with Crippen molar-refractivity contribution >= 4 is 45.0 Å². The van der Waals surface area contributed by atoms with Crippen LogP contribution in [-0.4, -0.2) is 38.5 Å². The fourth-order valence-electron chi connectivity index (χ4n) is 2.53. The van der Waals surface area contributed by atoms with Gasteiger partial charge in [-0.2, -0.15) is 0 Å². The Kier molecular flexibility index (Phi) is 6.49.